The molecule has 2 aromatic rings. The Hall–Kier alpha value is -1.98. The molecule has 0 saturated carbocycles. The Morgan fingerprint density at radius 1 is 0.552 bits per heavy atom. The van der Waals surface area contributed by atoms with Crippen molar-refractivity contribution < 1.29 is 26.3 Å². The minimum atomic E-state index is -5.54. The fourth-order valence-corrected chi connectivity index (χ4v) is 3.59. The fourth-order valence-electron chi connectivity index (χ4n) is 3.59. The van der Waals surface area contributed by atoms with E-state index >= 15 is 0 Å². The molecule has 0 aliphatic heterocycles. The van der Waals surface area contributed by atoms with Gasteiger partial charge in [-0.3, -0.25) is 0 Å². The topological polar surface area (TPSA) is 0 Å². The van der Waals surface area contributed by atoms with Gasteiger partial charge >= 0.3 is 12.4 Å². The molecular weight excluding hydrogens is 390 g/mol. The molecule has 0 spiro atoms. The van der Waals surface area contributed by atoms with E-state index in [0.717, 1.165) is 61.1 Å². The molecule has 2 aromatic carbocycles. The van der Waals surface area contributed by atoms with Crippen LogP contribution in [-0.4, -0.2) is 12.4 Å². The van der Waals surface area contributed by atoms with Gasteiger partial charge in [0.05, 0.1) is 0 Å². The van der Waals surface area contributed by atoms with Crippen molar-refractivity contribution in [3.8, 4) is 0 Å². The summed E-state index contributed by atoms with van der Waals surface area (Å²) in [6.45, 7) is 3.94. The summed E-state index contributed by atoms with van der Waals surface area (Å²) in [6, 6.07) is 9.35. The predicted molar refractivity (Wildman–Crippen MR) is 103 cm³/mol. The Bertz CT molecular complexity index is 686. The summed E-state index contributed by atoms with van der Waals surface area (Å²) < 4.78 is 84.8. The van der Waals surface area contributed by atoms with E-state index in [1.807, 2.05) is 13.8 Å². The van der Waals surface area contributed by atoms with Gasteiger partial charge in [0.1, 0.15) is 0 Å². The van der Waals surface area contributed by atoms with Crippen molar-refractivity contribution in [2.75, 3.05) is 0 Å². The smallest absolute Gasteiger partial charge is 0.169 e. The van der Waals surface area contributed by atoms with Crippen molar-refractivity contribution in [3.63, 3.8) is 0 Å². The van der Waals surface area contributed by atoms with Gasteiger partial charge in [0, 0.05) is 0 Å². The van der Waals surface area contributed by atoms with Crippen LogP contribution < -0.4 is 0 Å². The lowest BCUT2D eigenvalue weighted by Crippen LogP contribution is -2.54. The first-order chi connectivity index (χ1) is 13.6. The summed E-state index contributed by atoms with van der Waals surface area (Å²) >= 11 is 0. The molecule has 0 aromatic heterocycles. The van der Waals surface area contributed by atoms with Crippen LogP contribution >= 0.6 is 0 Å². The van der Waals surface area contributed by atoms with Crippen molar-refractivity contribution in [2.45, 2.75) is 70.1 Å². The Morgan fingerprint density at radius 3 is 1.10 bits per heavy atom. The van der Waals surface area contributed by atoms with E-state index in [-0.39, 0.29) is 0 Å². The van der Waals surface area contributed by atoms with Crippen molar-refractivity contribution >= 4 is 0 Å². The molecule has 160 valence electrons. The summed E-state index contributed by atoms with van der Waals surface area (Å²) in [5.74, 6) is 0. The van der Waals surface area contributed by atoms with Crippen LogP contribution in [0.3, 0.4) is 0 Å². The zero-order valence-electron chi connectivity index (χ0n) is 16.6. The highest BCUT2D eigenvalue weighted by Gasteiger charge is 2.72. The maximum absolute atomic E-state index is 14.1. The summed E-state index contributed by atoms with van der Waals surface area (Å²) in [5, 5.41) is 0. The highest BCUT2D eigenvalue weighted by Crippen LogP contribution is 2.56. The second-order valence-electron chi connectivity index (χ2n) is 7.35. The SMILES string of the molecule is CCCCc1ccc(C(c2ccc(CCCC)cc2)(C(F)(F)F)C(F)(F)F)cc1. The number of halogens is 6. The number of unbranched alkanes of at least 4 members (excludes halogenated alkanes) is 2. The largest absolute Gasteiger partial charge is 0.411 e. The van der Waals surface area contributed by atoms with Gasteiger partial charge in [0.25, 0.3) is 0 Å². The molecule has 0 N–H and O–H groups in total. The lowest BCUT2D eigenvalue weighted by Gasteiger charge is -2.38. The molecule has 0 heterocycles. The maximum atomic E-state index is 14.1. The van der Waals surface area contributed by atoms with Crippen LogP contribution in [0.25, 0.3) is 0 Å². The van der Waals surface area contributed by atoms with E-state index < -0.39 is 28.9 Å². The van der Waals surface area contributed by atoms with E-state index in [1.54, 1.807) is 0 Å². The molecule has 0 atom stereocenters. The first-order valence-electron chi connectivity index (χ1n) is 9.90. The fraction of sp³-hybridized carbons (Fsp3) is 0.478. The van der Waals surface area contributed by atoms with Crippen LogP contribution in [0, 0.1) is 0 Å². The number of alkyl halides is 6. The van der Waals surface area contributed by atoms with Crippen molar-refractivity contribution in [2.24, 2.45) is 0 Å². The molecule has 0 aliphatic rings. The minimum Gasteiger partial charge on any atom is -0.169 e. The summed E-state index contributed by atoms with van der Waals surface area (Å²) in [6.07, 6.45) is -6.42. The van der Waals surface area contributed by atoms with Crippen molar-refractivity contribution in [1.82, 2.24) is 0 Å². The van der Waals surface area contributed by atoms with Gasteiger partial charge in [-0.1, -0.05) is 75.2 Å². The normalized spacial score (nSPS) is 13.0. The molecule has 0 amide bonds. The molecular formula is C23H26F6. The van der Waals surface area contributed by atoms with E-state index in [9.17, 15) is 26.3 Å². The second-order valence-corrected chi connectivity index (χ2v) is 7.35. The Labute approximate surface area is 167 Å². The van der Waals surface area contributed by atoms with Crippen LogP contribution in [0.1, 0.15) is 61.8 Å². The molecule has 0 nitrogen and oxygen atoms in total. The average Bonchev–Trinajstić information content (AvgIpc) is 2.65. The quantitative estimate of drug-likeness (QED) is 0.385. The maximum Gasteiger partial charge on any atom is 0.411 e. The Morgan fingerprint density at radius 2 is 0.862 bits per heavy atom. The van der Waals surface area contributed by atoms with Crippen molar-refractivity contribution in [1.29, 1.82) is 0 Å². The lowest BCUT2D eigenvalue weighted by molar-refractivity contribution is -0.288. The predicted octanol–water partition coefficient (Wildman–Crippen LogP) is 7.78. The van der Waals surface area contributed by atoms with E-state index in [0.29, 0.717) is 12.8 Å². The van der Waals surface area contributed by atoms with Crippen LogP contribution in [0.15, 0.2) is 48.5 Å². The van der Waals surface area contributed by atoms with Crippen LogP contribution in [-0.2, 0) is 18.3 Å². The molecule has 0 radical (unpaired) electrons. The van der Waals surface area contributed by atoms with E-state index in [4.69, 9.17) is 0 Å². The average molecular weight is 416 g/mol. The monoisotopic (exact) mass is 416 g/mol. The third-order valence-electron chi connectivity index (χ3n) is 5.26. The number of hydrogen-bond acceptors (Lipinski definition) is 0. The zero-order valence-corrected chi connectivity index (χ0v) is 16.6. The molecule has 0 saturated heterocycles. The lowest BCUT2D eigenvalue weighted by atomic mass is 9.72. The number of benzene rings is 2. The summed E-state index contributed by atoms with van der Waals surface area (Å²) in [5.41, 5.74) is -4.22. The second kappa shape index (κ2) is 9.23. The van der Waals surface area contributed by atoms with Crippen LogP contribution in [0.5, 0.6) is 0 Å². The number of rotatable bonds is 8. The standard InChI is InChI=1S/C23H26F6/c1-3-5-7-17-9-13-19(14-10-17)21(22(24,25)26,23(27,28)29)20-15-11-18(12-16-20)8-6-4-2/h9-16H,3-8H2,1-2H3. The van der Waals surface area contributed by atoms with Gasteiger partial charge in [-0.2, -0.15) is 26.3 Å². The molecule has 29 heavy (non-hydrogen) atoms. The molecule has 0 bridgehead atoms. The van der Waals surface area contributed by atoms with Gasteiger partial charge in [-0.05, 0) is 47.9 Å². The van der Waals surface area contributed by atoms with E-state index in [1.165, 1.54) is 24.3 Å². The van der Waals surface area contributed by atoms with Gasteiger partial charge < -0.3 is 0 Å². The van der Waals surface area contributed by atoms with Gasteiger partial charge in [0.15, 0.2) is 0 Å². The highest BCUT2D eigenvalue weighted by molar-refractivity contribution is 5.45. The van der Waals surface area contributed by atoms with Crippen LogP contribution in [0.2, 0.25) is 0 Å². The third kappa shape index (κ3) is 4.78. The first-order valence-corrected chi connectivity index (χ1v) is 9.90. The molecule has 0 unspecified atom stereocenters. The molecule has 0 fully saturated rings. The Balaban J connectivity index is 2.60. The first kappa shape index (κ1) is 23.3. The number of aryl methyl sites for hydroxylation is 2. The van der Waals surface area contributed by atoms with E-state index in [2.05, 4.69) is 0 Å². The van der Waals surface area contributed by atoms with Gasteiger partial charge in [-0.25, -0.2) is 0 Å². The highest BCUT2D eigenvalue weighted by atomic mass is 19.4. The van der Waals surface area contributed by atoms with Crippen molar-refractivity contribution in [3.05, 3.63) is 70.8 Å². The minimum absolute atomic E-state index is 0.619. The molecule has 2 rings (SSSR count). The Kier molecular flexibility index (Phi) is 7.41. The molecule has 0 aliphatic carbocycles. The third-order valence-corrected chi connectivity index (χ3v) is 5.26. The van der Waals surface area contributed by atoms with Gasteiger partial charge in [-0.15, -0.1) is 0 Å². The summed E-state index contributed by atoms with van der Waals surface area (Å²) in [4.78, 5) is 0. The van der Waals surface area contributed by atoms with Gasteiger partial charge in [0.2, 0.25) is 5.41 Å². The number of hydrogen-bond donors (Lipinski definition) is 0. The zero-order chi connectivity index (χ0) is 21.7. The summed E-state index contributed by atoms with van der Waals surface area (Å²) in [7, 11) is 0. The van der Waals surface area contributed by atoms with Crippen LogP contribution in [0.4, 0.5) is 26.3 Å². The molecule has 6 heteroatoms.